The molecule has 0 radical (unpaired) electrons. The quantitative estimate of drug-likeness (QED) is 0.764. The first-order chi connectivity index (χ1) is 14.3. The average molecular weight is 425 g/mol. The molecular formula is C22H25FN5OP. The Hall–Kier alpha value is -2.63. The second kappa shape index (κ2) is 8.25. The van der Waals surface area contributed by atoms with Crippen molar-refractivity contribution in [2.45, 2.75) is 26.3 Å². The number of rotatable bonds is 4. The summed E-state index contributed by atoms with van der Waals surface area (Å²) in [6, 6.07) is 7.13. The van der Waals surface area contributed by atoms with Gasteiger partial charge >= 0.3 is 0 Å². The highest BCUT2D eigenvalue weighted by Crippen LogP contribution is 2.33. The van der Waals surface area contributed by atoms with Crippen molar-refractivity contribution in [3.05, 3.63) is 64.4 Å². The zero-order valence-electron chi connectivity index (χ0n) is 17.2. The molecule has 2 N–H and O–H groups in total. The van der Waals surface area contributed by atoms with E-state index in [-0.39, 0.29) is 11.5 Å². The lowest BCUT2D eigenvalue weighted by Gasteiger charge is -2.29. The number of carbonyl (C=O) groups excluding carboxylic acids is 1. The molecule has 0 saturated heterocycles. The number of hydrogen-bond acceptors (Lipinski definition) is 4. The van der Waals surface area contributed by atoms with Crippen LogP contribution in [0.5, 0.6) is 0 Å². The number of nitrogens with two attached hydrogens (primary N) is 1. The van der Waals surface area contributed by atoms with Crippen molar-refractivity contribution >= 4 is 31.7 Å². The fourth-order valence-electron chi connectivity index (χ4n) is 4.04. The molecule has 1 aromatic heterocycles. The standard InChI is InChI=1S/C22H25FN5OP/c1-13-7-16(27(2)26-13)11-28-6-5-14-8-15(18-4-3-17(30)10-19(18)23)9-20(22(24)29)25-21(14)12-28/h3-4,7,9-10H,5-6,8,11-12,30H2,1-2H3,(H2,24,29). The fraction of sp³-hybridized carbons (Fsp3) is 0.318. The molecule has 30 heavy (non-hydrogen) atoms. The Morgan fingerprint density at radius 1 is 1.33 bits per heavy atom. The van der Waals surface area contributed by atoms with Crippen molar-refractivity contribution in [1.29, 1.82) is 0 Å². The van der Waals surface area contributed by atoms with E-state index < -0.39 is 5.91 Å². The van der Waals surface area contributed by atoms with E-state index in [9.17, 15) is 9.18 Å². The normalized spacial score (nSPS) is 17.3. The van der Waals surface area contributed by atoms with Gasteiger partial charge in [-0.1, -0.05) is 12.1 Å². The Morgan fingerprint density at radius 2 is 2.13 bits per heavy atom. The number of allylic oxidation sites excluding steroid dienone is 1. The maximum absolute atomic E-state index is 14.6. The van der Waals surface area contributed by atoms with Gasteiger partial charge in [-0.2, -0.15) is 5.10 Å². The van der Waals surface area contributed by atoms with Crippen LogP contribution in [-0.4, -0.2) is 39.4 Å². The van der Waals surface area contributed by atoms with Crippen molar-refractivity contribution in [2.24, 2.45) is 17.8 Å². The van der Waals surface area contributed by atoms with Crippen LogP contribution in [0.1, 0.15) is 29.8 Å². The number of carbonyl (C=O) groups is 1. The minimum atomic E-state index is -0.608. The van der Waals surface area contributed by atoms with Crippen LogP contribution in [0.4, 0.5) is 4.39 Å². The highest BCUT2D eigenvalue weighted by Gasteiger charge is 2.25. The molecule has 2 aliphatic rings. The molecule has 0 aliphatic carbocycles. The third-order valence-corrected chi connectivity index (χ3v) is 5.92. The van der Waals surface area contributed by atoms with E-state index in [0.717, 1.165) is 53.0 Å². The number of hydrogen-bond donors (Lipinski definition) is 1. The summed E-state index contributed by atoms with van der Waals surface area (Å²) in [6.45, 7) is 4.21. The first kappa shape index (κ1) is 20.6. The molecule has 1 aromatic carbocycles. The lowest BCUT2D eigenvalue weighted by molar-refractivity contribution is -0.111. The SMILES string of the molecule is Cc1cc(CN2CCC3=C(C2)N=C(C(N)=O)C=C(c2ccc(P)cc2F)C3)n(C)n1. The van der Waals surface area contributed by atoms with E-state index in [4.69, 9.17) is 5.73 Å². The van der Waals surface area contributed by atoms with E-state index in [2.05, 4.69) is 30.3 Å². The highest BCUT2D eigenvalue weighted by atomic mass is 31.0. The van der Waals surface area contributed by atoms with Crippen LogP contribution < -0.4 is 11.0 Å². The summed E-state index contributed by atoms with van der Waals surface area (Å²) in [6.07, 6.45) is 3.00. The summed E-state index contributed by atoms with van der Waals surface area (Å²) >= 11 is 0. The number of aliphatic imine (C=N–C) groups is 1. The number of halogens is 1. The highest BCUT2D eigenvalue weighted by molar-refractivity contribution is 7.27. The molecular weight excluding hydrogens is 400 g/mol. The summed E-state index contributed by atoms with van der Waals surface area (Å²) in [4.78, 5) is 18.9. The third-order valence-electron chi connectivity index (χ3n) is 5.56. The molecule has 2 aliphatic heterocycles. The molecule has 6 nitrogen and oxygen atoms in total. The van der Waals surface area contributed by atoms with Gasteiger partial charge in [-0.15, -0.1) is 9.24 Å². The van der Waals surface area contributed by atoms with Crippen LogP contribution in [0.25, 0.3) is 5.57 Å². The maximum atomic E-state index is 14.6. The smallest absolute Gasteiger partial charge is 0.267 e. The molecule has 0 bridgehead atoms. The molecule has 1 unspecified atom stereocenters. The summed E-state index contributed by atoms with van der Waals surface area (Å²) in [7, 11) is 4.43. The van der Waals surface area contributed by atoms with Crippen molar-refractivity contribution in [3.63, 3.8) is 0 Å². The van der Waals surface area contributed by atoms with Crippen LogP contribution in [0, 0.1) is 12.7 Å². The van der Waals surface area contributed by atoms with Crippen LogP contribution in [0.3, 0.4) is 0 Å². The first-order valence-electron chi connectivity index (χ1n) is 9.87. The predicted octanol–water partition coefficient (Wildman–Crippen LogP) is 2.24. The third kappa shape index (κ3) is 4.27. The lowest BCUT2D eigenvalue weighted by Crippen LogP contribution is -2.32. The van der Waals surface area contributed by atoms with Crippen molar-refractivity contribution in [3.8, 4) is 0 Å². The fourth-order valence-corrected chi connectivity index (χ4v) is 4.28. The molecule has 2 aromatic rings. The van der Waals surface area contributed by atoms with E-state index in [1.54, 1.807) is 12.1 Å². The van der Waals surface area contributed by atoms with E-state index in [1.807, 2.05) is 24.7 Å². The summed E-state index contributed by atoms with van der Waals surface area (Å²) < 4.78 is 16.5. The Labute approximate surface area is 177 Å². The van der Waals surface area contributed by atoms with Gasteiger partial charge < -0.3 is 5.73 Å². The van der Waals surface area contributed by atoms with Gasteiger partial charge in [0.2, 0.25) is 0 Å². The summed E-state index contributed by atoms with van der Waals surface area (Å²) in [5, 5.41) is 5.18. The molecule has 156 valence electrons. The number of amides is 1. The minimum absolute atomic E-state index is 0.169. The van der Waals surface area contributed by atoms with Crippen LogP contribution >= 0.6 is 9.24 Å². The van der Waals surface area contributed by atoms with Crippen molar-refractivity contribution < 1.29 is 9.18 Å². The zero-order valence-corrected chi connectivity index (χ0v) is 18.3. The molecule has 0 fully saturated rings. The van der Waals surface area contributed by atoms with E-state index in [0.29, 0.717) is 18.5 Å². The maximum Gasteiger partial charge on any atom is 0.267 e. The number of primary amides is 1. The lowest BCUT2D eigenvalue weighted by atomic mass is 9.93. The molecule has 1 amide bonds. The summed E-state index contributed by atoms with van der Waals surface area (Å²) in [5.41, 5.74) is 11.1. The topological polar surface area (TPSA) is 76.5 Å². The van der Waals surface area contributed by atoms with Gasteiger partial charge in [-0.3, -0.25) is 14.4 Å². The van der Waals surface area contributed by atoms with Crippen LogP contribution in [0.15, 0.2) is 46.6 Å². The van der Waals surface area contributed by atoms with E-state index >= 15 is 0 Å². The van der Waals surface area contributed by atoms with Gasteiger partial charge in [-0.25, -0.2) is 9.38 Å². The Balaban J connectivity index is 1.63. The largest absolute Gasteiger partial charge is 0.364 e. The molecule has 0 saturated carbocycles. The second-order valence-electron chi connectivity index (χ2n) is 7.86. The average Bonchev–Trinajstić information content (AvgIpc) is 2.87. The van der Waals surface area contributed by atoms with Crippen LogP contribution in [-0.2, 0) is 18.4 Å². The van der Waals surface area contributed by atoms with E-state index in [1.165, 1.54) is 6.07 Å². The van der Waals surface area contributed by atoms with Gasteiger partial charge in [0, 0.05) is 32.2 Å². The summed E-state index contributed by atoms with van der Waals surface area (Å²) in [5.74, 6) is -0.922. The van der Waals surface area contributed by atoms with Gasteiger partial charge in [0.25, 0.3) is 5.91 Å². The molecule has 3 heterocycles. The Kier molecular flexibility index (Phi) is 5.67. The molecule has 0 spiro atoms. The van der Waals surface area contributed by atoms with Gasteiger partial charge in [0.05, 0.1) is 17.1 Å². The number of benzene rings is 1. The Morgan fingerprint density at radius 3 is 2.80 bits per heavy atom. The molecule has 1 atom stereocenters. The monoisotopic (exact) mass is 425 g/mol. The molecule has 8 heteroatoms. The zero-order chi connectivity index (χ0) is 21.4. The minimum Gasteiger partial charge on any atom is -0.364 e. The first-order valence-corrected chi connectivity index (χ1v) is 10.4. The second-order valence-corrected chi connectivity index (χ2v) is 8.53. The number of nitrogens with zero attached hydrogens (tertiary/aromatic N) is 4. The molecule has 4 rings (SSSR count). The van der Waals surface area contributed by atoms with Gasteiger partial charge in [0.15, 0.2) is 0 Å². The van der Waals surface area contributed by atoms with Gasteiger partial charge in [0.1, 0.15) is 11.5 Å². The number of aromatic nitrogens is 2. The van der Waals surface area contributed by atoms with Crippen molar-refractivity contribution in [2.75, 3.05) is 13.1 Å². The van der Waals surface area contributed by atoms with Crippen LogP contribution in [0.2, 0.25) is 0 Å². The number of aryl methyl sites for hydroxylation is 2. The predicted molar refractivity (Wildman–Crippen MR) is 120 cm³/mol. The van der Waals surface area contributed by atoms with Crippen molar-refractivity contribution in [1.82, 2.24) is 14.7 Å². The Bertz CT molecular complexity index is 1110. The van der Waals surface area contributed by atoms with Gasteiger partial charge in [-0.05, 0) is 54.4 Å².